The van der Waals surface area contributed by atoms with Crippen LogP contribution in [0.15, 0.2) is 0 Å². The van der Waals surface area contributed by atoms with Gasteiger partial charge in [0.1, 0.15) is 6.04 Å². The number of carboxylic acid groups (broad SMARTS) is 1. The van der Waals surface area contributed by atoms with Crippen LogP contribution in [0.1, 0.15) is 25.7 Å². The van der Waals surface area contributed by atoms with Crippen LogP contribution in [0.2, 0.25) is 0 Å². The quantitative estimate of drug-likeness (QED) is 0.547. The molecule has 5 nitrogen and oxygen atoms in total. The highest BCUT2D eigenvalue weighted by Gasteiger charge is 2.19. The van der Waals surface area contributed by atoms with Crippen molar-refractivity contribution in [1.82, 2.24) is 5.32 Å². The molecular formula is C13H19N2O3. The fourth-order valence-corrected chi connectivity index (χ4v) is 1.62. The summed E-state index contributed by atoms with van der Waals surface area (Å²) in [6.45, 7) is 0.561. The van der Waals surface area contributed by atoms with Gasteiger partial charge in [-0.3, -0.25) is 9.59 Å². The van der Waals surface area contributed by atoms with E-state index in [1.54, 1.807) is 0 Å². The van der Waals surface area contributed by atoms with Crippen LogP contribution in [0.25, 0.3) is 0 Å². The predicted molar refractivity (Wildman–Crippen MR) is 67.5 cm³/mol. The molecule has 0 heterocycles. The minimum absolute atomic E-state index is 0.0104. The molecule has 18 heavy (non-hydrogen) atoms. The van der Waals surface area contributed by atoms with E-state index in [0.717, 1.165) is 12.3 Å². The van der Waals surface area contributed by atoms with Crippen molar-refractivity contribution in [3.8, 4) is 0 Å². The molecule has 1 fully saturated rings. The van der Waals surface area contributed by atoms with Crippen LogP contribution >= 0.6 is 0 Å². The SMILES string of the molecule is N[C@@H](CCCCNC(=O)C[C]1[CH][CH][CH][CH]1)C(=O)O. The summed E-state index contributed by atoms with van der Waals surface area (Å²) in [5.74, 6) is 0.0133. The van der Waals surface area contributed by atoms with Gasteiger partial charge in [-0.25, -0.2) is 0 Å². The Kier molecular flexibility index (Phi) is 6.72. The normalized spacial score (nSPS) is 17.6. The maximum Gasteiger partial charge on any atom is 0.320 e. The van der Waals surface area contributed by atoms with Crippen molar-refractivity contribution < 1.29 is 14.7 Å². The Hall–Kier alpha value is -1.10. The van der Waals surface area contributed by atoms with E-state index in [1.807, 2.05) is 25.7 Å². The van der Waals surface area contributed by atoms with Crippen molar-refractivity contribution in [2.24, 2.45) is 5.73 Å². The lowest BCUT2D eigenvalue weighted by Crippen LogP contribution is -2.30. The first kappa shape index (κ1) is 15.0. The number of aliphatic carboxylic acids is 1. The van der Waals surface area contributed by atoms with Crippen LogP contribution in [0.4, 0.5) is 0 Å². The molecule has 1 saturated carbocycles. The van der Waals surface area contributed by atoms with Crippen LogP contribution in [-0.2, 0) is 9.59 Å². The van der Waals surface area contributed by atoms with Gasteiger partial charge in [0.25, 0.3) is 0 Å². The van der Waals surface area contributed by atoms with Crippen molar-refractivity contribution >= 4 is 11.9 Å². The maximum atomic E-state index is 11.5. The number of hydrogen-bond donors (Lipinski definition) is 3. The Morgan fingerprint density at radius 3 is 2.56 bits per heavy atom. The van der Waals surface area contributed by atoms with E-state index < -0.39 is 12.0 Å². The minimum atomic E-state index is -0.977. The summed E-state index contributed by atoms with van der Waals surface area (Å²) in [6, 6.07) is -0.801. The number of carbonyl (C=O) groups is 2. The van der Waals surface area contributed by atoms with Crippen molar-refractivity contribution in [2.45, 2.75) is 31.7 Å². The molecule has 0 unspecified atom stereocenters. The molecule has 4 N–H and O–H groups in total. The van der Waals surface area contributed by atoms with Gasteiger partial charge in [0, 0.05) is 13.0 Å². The first-order chi connectivity index (χ1) is 8.59. The van der Waals surface area contributed by atoms with Gasteiger partial charge in [-0.1, -0.05) is 0 Å². The van der Waals surface area contributed by atoms with Crippen LogP contribution in [0, 0.1) is 31.6 Å². The highest BCUT2D eigenvalue weighted by molar-refractivity contribution is 5.79. The molecule has 0 aromatic carbocycles. The van der Waals surface area contributed by atoms with Crippen molar-refractivity contribution in [2.75, 3.05) is 6.54 Å². The van der Waals surface area contributed by atoms with E-state index in [1.165, 1.54) is 0 Å². The summed E-state index contributed by atoms with van der Waals surface area (Å²) in [5.41, 5.74) is 5.36. The van der Waals surface area contributed by atoms with Crippen LogP contribution in [0.5, 0.6) is 0 Å². The van der Waals surface area contributed by atoms with E-state index >= 15 is 0 Å². The first-order valence-electron chi connectivity index (χ1n) is 6.05. The maximum absolute atomic E-state index is 11.5. The van der Waals surface area contributed by atoms with Crippen LogP contribution in [0.3, 0.4) is 0 Å². The smallest absolute Gasteiger partial charge is 0.320 e. The molecular weight excluding hydrogens is 232 g/mol. The van der Waals surface area contributed by atoms with Gasteiger partial charge in [0.2, 0.25) is 5.91 Å². The zero-order chi connectivity index (χ0) is 13.4. The third kappa shape index (κ3) is 6.00. The van der Waals surface area contributed by atoms with E-state index in [4.69, 9.17) is 10.8 Å². The van der Waals surface area contributed by atoms with Gasteiger partial charge < -0.3 is 16.2 Å². The van der Waals surface area contributed by atoms with Crippen LogP contribution < -0.4 is 11.1 Å². The third-order valence-corrected chi connectivity index (χ3v) is 2.68. The molecule has 0 aromatic heterocycles. The number of nitrogens with two attached hydrogens (primary N) is 1. The molecule has 0 saturated heterocycles. The van der Waals surface area contributed by atoms with E-state index in [9.17, 15) is 9.59 Å². The number of unbranched alkanes of at least 4 members (excludes halogenated alkanes) is 1. The van der Waals surface area contributed by atoms with Gasteiger partial charge in [-0.15, -0.1) is 0 Å². The molecule has 0 bridgehead atoms. The molecule has 1 amide bonds. The summed E-state index contributed by atoms with van der Waals surface area (Å²) in [7, 11) is 0. The number of amides is 1. The van der Waals surface area contributed by atoms with E-state index in [2.05, 4.69) is 5.32 Å². The summed E-state index contributed by atoms with van der Waals surface area (Å²) in [5, 5.41) is 11.4. The number of carboxylic acids is 1. The second kappa shape index (κ2) is 8.08. The zero-order valence-electron chi connectivity index (χ0n) is 10.3. The average Bonchev–Trinajstić information content (AvgIpc) is 2.80. The fraction of sp³-hybridized carbons (Fsp3) is 0.462. The number of hydrogen-bond acceptors (Lipinski definition) is 3. The molecule has 1 aliphatic carbocycles. The lowest BCUT2D eigenvalue weighted by molar-refractivity contribution is -0.138. The molecule has 5 heteroatoms. The Bertz CT molecular complexity index is 275. The third-order valence-electron chi connectivity index (χ3n) is 2.68. The molecule has 1 aliphatic rings. The summed E-state index contributed by atoms with van der Waals surface area (Å²) in [4.78, 5) is 21.9. The van der Waals surface area contributed by atoms with Gasteiger partial charge in [0.15, 0.2) is 0 Å². The monoisotopic (exact) mass is 251 g/mol. The largest absolute Gasteiger partial charge is 0.480 e. The Morgan fingerprint density at radius 2 is 1.94 bits per heavy atom. The zero-order valence-corrected chi connectivity index (χ0v) is 10.3. The van der Waals surface area contributed by atoms with Gasteiger partial charge in [-0.2, -0.15) is 0 Å². The van der Waals surface area contributed by atoms with Crippen molar-refractivity contribution in [1.29, 1.82) is 0 Å². The first-order valence-corrected chi connectivity index (χ1v) is 6.05. The molecule has 5 radical (unpaired) electrons. The molecule has 1 atom stereocenters. The highest BCUT2D eigenvalue weighted by Crippen LogP contribution is 2.25. The Balaban J connectivity index is 1.96. The Labute approximate surface area is 108 Å². The molecule has 0 aromatic rings. The molecule has 0 aliphatic heterocycles. The minimum Gasteiger partial charge on any atom is -0.480 e. The fourth-order valence-electron chi connectivity index (χ4n) is 1.62. The van der Waals surface area contributed by atoms with Gasteiger partial charge in [0.05, 0.1) is 0 Å². The summed E-state index contributed by atoms with van der Waals surface area (Å²) in [6.07, 6.45) is 9.89. The Morgan fingerprint density at radius 1 is 1.28 bits per heavy atom. The predicted octanol–water partition coefficient (Wildman–Crippen LogP) is 0.480. The second-order valence-electron chi connectivity index (χ2n) is 4.26. The average molecular weight is 251 g/mol. The number of rotatable bonds is 8. The van der Waals surface area contributed by atoms with Crippen molar-refractivity contribution in [3.05, 3.63) is 31.6 Å². The topological polar surface area (TPSA) is 92.4 Å². The van der Waals surface area contributed by atoms with E-state index in [0.29, 0.717) is 25.8 Å². The second-order valence-corrected chi connectivity index (χ2v) is 4.26. The summed E-state index contributed by atoms with van der Waals surface area (Å²) < 4.78 is 0. The summed E-state index contributed by atoms with van der Waals surface area (Å²) >= 11 is 0. The number of carbonyl (C=O) groups excluding carboxylic acids is 1. The van der Waals surface area contributed by atoms with Gasteiger partial charge in [-0.05, 0) is 50.9 Å². The van der Waals surface area contributed by atoms with Crippen LogP contribution in [-0.4, -0.2) is 29.6 Å². The standard InChI is InChI=1S/C13H19N2O3/c14-11(13(17)18)7-3-4-8-15-12(16)9-10-5-1-2-6-10/h1-2,5-6,11H,3-4,7-9,14H2,(H,15,16)(H,17,18)/t11-/m0/s1. The highest BCUT2D eigenvalue weighted by atomic mass is 16.4. The number of nitrogens with one attached hydrogen (secondary N) is 1. The molecule has 0 spiro atoms. The van der Waals surface area contributed by atoms with Gasteiger partial charge >= 0.3 is 5.97 Å². The molecule has 99 valence electrons. The lowest BCUT2D eigenvalue weighted by Gasteiger charge is -2.09. The molecule has 1 rings (SSSR count). The lowest BCUT2D eigenvalue weighted by atomic mass is 10.0. The van der Waals surface area contributed by atoms with Crippen molar-refractivity contribution in [3.63, 3.8) is 0 Å². The van der Waals surface area contributed by atoms with E-state index in [-0.39, 0.29) is 5.91 Å².